The molecule has 5 nitrogen and oxygen atoms in total. The van der Waals surface area contributed by atoms with Crippen molar-refractivity contribution in [1.82, 2.24) is 4.72 Å². The first kappa shape index (κ1) is 15.1. The Kier molecular flexibility index (Phi) is 5.30. The van der Waals surface area contributed by atoms with Gasteiger partial charge in [-0.25, -0.2) is 13.1 Å². The fourth-order valence-corrected chi connectivity index (χ4v) is 3.55. The zero-order chi connectivity index (χ0) is 13.8. The summed E-state index contributed by atoms with van der Waals surface area (Å²) in [7, 11) is -4.53. The highest BCUT2D eigenvalue weighted by Crippen LogP contribution is 2.17. The van der Waals surface area contributed by atoms with Gasteiger partial charge >= 0.3 is 0 Å². The molecule has 1 aromatic rings. The number of rotatable bonds is 6. The van der Waals surface area contributed by atoms with Crippen LogP contribution in [0, 0.1) is 0 Å². The number of nitrogens with one attached hydrogen (secondary N) is 1. The van der Waals surface area contributed by atoms with Crippen LogP contribution < -0.4 is 10.5 Å². The normalized spacial score (nSPS) is 15.2. The van der Waals surface area contributed by atoms with E-state index in [0.29, 0.717) is 12.2 Å². The van der Waals surface area contributed by atoms with E-state index < -0.39 is 20.8 Å². The van der Waals surface area contributed by atoms with Crippen LogP contribution in [0.4, 0.5) is 5.69 Å². The van der Waals surface area contributed by atoms with Gasteiger partial charge in [-0.1, -0.05) is 12.1 Å². The van der Waals surface area contributed by atoms with E-state index in [1.807, 2.05) is 0 Å². The molecule has 1 aromatic carbocycles. The molecular formula is C11H18N2O3S2. The van der Waals surface area contributed by atoms with Crippen LogP contribution in [0.15, 0.2) is 29.2 Å². The molecule has 0 amide bonds. The SMILES string of the molecule is CC(CCS(C)=O)NS(=O)(=O)c1ccccc1N. The molecule has 0 radical (unpaired) electrons. The van der Waals surface area contributed by atoms with E-state index in [0.717, 1.165) is 0 Å². The lowest BCUT2D eigenvalue weighted by atomic mass is 10.3. The smallest absolute Gasteiger partial charge is 0.242 e. The Morgan fingerprint density at radius 1 is 1.39 bits per heavy atom. The zero-order valence-electron chi connectivity index (χ0n) is 10.4. The predicted octanol–water partition coefficient (Wildman–Crippen LogP) is 0.704. The van der Waals surface area contributed by atoms with Gasteiger partial charge in [0, 0.05) is 28.9 Å². The van der Waals surface area contributed by atoms with Gasteiger partial charge in [0.05, 0.1) is 5.69 Å². The molecule has 2 unspecified atom stereocenters. The van der Waals surface area contributed by atoms with Crippen molar-refractivity contribution < 1.29 is 12.6 Å². The summed E-state index contributed by atoms with van der Waals surface area (Å²) in [5.74, 6) is 0.466. The standard InChI is InChI=1S/C11H18N2O3S2/c1-9(7-8-17(2)14)13-18(15,16)11-6-4-3-5-10(11)12/h3-6,9,13H,7-8,12H2,1-2H3. The molecule has 0 aliphatic carbocycles. The predicted molar refractivity (Wildman–Crippen MR) is 74.2 cm³/mol. The van der Waals surface area contributed by atoms with Gasteiger partial charge in [-0.3, -0.25) is 4.21 Å². The van der Waals surface area contributed by atoms with Crippen molar-refractivity contribution in [2.24, 2.45) is 0 Å². The van der Waals surface area contributed by atoms with Crippen molar-refractivity contribution in [3.05, 3.63) is 24.3 Å². The topological polar surface area (TPSA) is 89.3 Å². The highest BCUT2D eigenvalue weighted by molar-refractivity contribution is 7.89. The van der Waals surface area contributed by atoms with Crippen molar-refractivity contribution in [3.63, 3.8) is 0 Å². The van der Waals surface area contributed by atoms with Gasteiger partial charge in [-0.2, -0.15) is 0 Å². The number of nitrogen functional groups attached to an aromatic ring is 1. The molecule has 3 N–H and O–H groups in total. The Morgan fingerprint density at radius 3 is 2.56 bits per heavy atom. The van der Waals surface area contributed by atoms with Crippen molar-refractivity contribution in [3.8, 4) is 0 Å². The van der Waals surface area contributed by atoms with E-state index in [4.69, 9.17) is 5.73 Å². The molecule has 1 rings (SSSR count). The zero-order valence-corrected chi connectivity index (χ0v) is 12.1. The van der Waals surface area contributed by atoms with E-state index in [1.165, 1.54) is 6.07 Å². The van der Waals surface area contributed by atoms with Crippen molar-refractivity contribution in [1.29, 1.82) is 0 Å². The van der Waals surface area contributed by atoms with Crippen LogP contribution in [0.3, 0.4) is 0 Å². The molecule has 0 fully saturated rings. The number of nitrogens with two attached hydrogens (primary N) is 1. The van der Waals surface area contributed by atoms with Gasteiger partial charge in [-0.05, 0) is 25.5 Å². The summed E-state index contributed by atoms with van der Waals surface area (Å²) in [6, 6.07) is 6.02. The third kappa shape index (κ3) is 4.40. The van der Waals surface area contributed by atoms with Gasteiger partial charge in [-0.15, -0.1) is 0 Å². The van der Waals surface area contributed by atoms with E-state index in [9.17, 15) is 12.6 Å². The second-order valence-corrected chi connectivity index (χ2v) is 7.36. The molecule has 0 bridgehead atoms. The first-order valence-corrected chi connectivity index (χ1v) is 8.71. The molecule has 0 spiro atoms. The summed E-state index contributed by atoms with van der Waals surface area (Å²) in [6.45, 7) is 1.74. The molecule has 0 heterocycles. The van der Waals surface area contributed by atoms with Gasteiger partial charge in [0.2, 0.25) is 10.0 Å². The minimum Gasteiger partial charge on any atom is -0.398 e. The summed E-state index contributed by atoms with van der Waals surface area (Å²) in [5.41, 5.74) is 5.86. The van der Waals surface area contributed by atoms with Gasteiger partial charge in [0.25, 0.3) is 0 Å². The Labute approximate surface area is 110 Å². The van der Waals surface area contributed by atoms with Crippen LogP contribution in [0.5, 0.6) is 0 Å². The van der Waals surface area contributed by atoms with Crippen LogP contribution in [0.2, 0.25) is 0 Å². The summed E-state index contributed by atoms with van der Waals surface area (Å²) >= 11 is 0. The van der Waals surface area contributed by atoms with Crippen LogP contribution in [0.1, 0.15) is 13.3 Å². The second kappa shape index (κ2) is 6.31. The number of sulfonamides is 1. The van der Waals surface area contributed by atoms with E-state index in [-0.39, 0.29) is 16.6 Å². The highest BCUT2D eigenvalue weighted by atomic mass is 32.2. The molecule has 0 aliphatic heterocycles. The van der Waals surface area contributed by atoms with Crippen LogP contribution in [-0.4, -0.2) is 30.7 Å². The Hall–Kier alpha value is -0.920. The maximum Gasteiger partial charge on any atom is 0.242 e. The number of anilines is 1. The molecular weight excluding hydrogens is 272 g/mol. The number of hydrogen-bond donors (Lipinski definition) is 2. The van der Waals surface area contributed by atoms with Crippen LogP contribution >= 0.6 is 0 Å². The number of benzene rings is 1. The summed E-state index contributed by atoms with van der Waals surface area (Å²) in [5, 5.41) is 0. The maximum absolute atomic E-state index is 12.0. The average molecular weight is 290 g/mol. The van der Waals surface area contributed by atoms with Crippen molar-refractivity contribution >= 4 is 26.5 Å². The molecule has 0 saturated carbocycles. The van der Waals surface area contributed by atoms with Gasteiger partial charge in [0.1, 0.15) is 4.90 Å². The minimum atomic E-state index is -3.61. The van der Waals surface area contributed by atoms with Crippen LogP contribution in [-0.2, 0) is 20.8 Å². The Morgan fingerprint density at radius 2 is 2.00 bits per heavy atom. The average Bonchev–Trinajstić information content (AvgIpc) is 2.26. The Bertz CT molecular complexity index is 529. The monoisotopic (exact) mass is 290 g/mol. The molecule has 2 atom stereocenters. The van der Waals surface area contributed by atoms with Crippen molar-refractivity contribution in [2.75, 3.05) is 17.7 Å². The first-order chi connectivity index (χ1) is 8.33. The molecule has 7 heteroatoms. The summed E-state index contributed by atoms with van der Waals surface area (Å²) < 4.78 is 37.6. The number of para-hydroxylation sites is 1. The maximum atomic E-state index is 12.0. The fourth-order valence-electron chi connectivity index (χ4n) is 1.46. The Balaban J connectivity index is 2.77. The van der Waals surface area contributed by atoms with E-state index in [1.54, 1.807) is 31.4 Å². The van der Waals surface area contributed by atoms with E-state index >= 15 is 0 Å². The van der Waals surface area contributed by atoms with Gasteiger partial charge in [0.15, 0.2) is 0 Å². The summed E-state index contributed by atoms with van der Waals surface area (Å²) in [4.78, 5) is 0.0782. The van der Waals surface area contributed by atoms with Crippen LogP contribution in [0.25, 0.3) is 0 Å². The fraction of sp³-hybridized carbons (Fsp3) is 0.455. The number of hydrogen-bond acceptors (Lipinski definition) is 4. The van der Waals surface area contributed by atoms with E-state index in [2.05, 4.69) is 4.72 Å². The molecule has 0 aromatic heterocycles. The third-order valence-electron chi connectivity index (χ3n) is 2.40. The molecule has 18 heavy (non-hydrogen) atoms. The highest BCUT2D eigenvalue weighted by Gasteiger charge is 2.19. The van der Waals surface area contributed by atoms with Crippen molar-refractivity contribution in [2.45, 2.75) is 24.3 Å². The quantitative estimate of drug-likeness (QED) is 0.755. The van der Waals surface area contributed by atoms with Gasteiger partial charge < -0.3 is 5.73 Å². The molecule has 0 aliphatic rings. The lowest BCUT2D eigenvalue weighted by Crippen LogP contribution is -2.33. The lowest BCUT2D eigenvalue weighted by Gasteiger charge is -2.14. The molecule has 102 valence electrons. The molecule has 0 saturated heterocycles. The largest absolute Gasteiger partial charge is 0.398 e. The summed E-state index contributed by atoms with van der Waals surface area (Å²) in [6.07, 6.45) is 2.12. The second-order valence-electron chi connectivity index (χ2n) is 4.13. The third-order valence-corrected chi connectivity index (χ3v) is 4.88. The lowest BCUT2D eigenvalue weighted by molar-refractivity contribution is 0.556. The minimum absolute atomic E-state index is 0.0782. The first-order valence-electron chi connectivity index (χ1n) is 5.50.